The third-order valence-corrected chi connectivity index (χ3v) is 2.13. The molecule has 0 N–H and O–H groups in total. The molecule has 0 aromatic heterocycles. The van der Waals surface area contributed by atoms with Crippen LogP contribution in [0.25, 0.3) is 0 Å². The van der Waals surface area contributed by atoms with Crippen molar-refractivity contribution in [3.63, 3.8) is 0 Å². The molecule has 1 rings (SSSR count). The first-order valence-corrected chi connectivity index (χ1v) is 3.87. The Bertz CT molecular complexity index is 184. The summed E-state index contributed by atoms with van der Waals surface area (Å²) in [7, 11) is 1.68. The van der Waals surface area contributed by atoms with Crippen LogP contribution in [-0.2, 0) is 9.53 Å². The lowest BCUT2D eigenvalue weighted by atomic mass is 9.87. The van der Waals surface area contributed by atoms with Crippen LogP contribution in [0, 0.1) is 5.41 Å². The Hall–Kier alpha value is -0.630. The number of carbonyl (C=O) groups excluding carboxylic acids is 1. The molecule has 1 aliphatic carbocycles. The van der Waals surface area contributed by atoms with Gasteiger partial charge < -0.3 is 4.74 Å². The highest BCUT2D eigenvalue weighted by Gasteiger charge is 2.27. The van der Waals surface area contributed by atoms with E-state index in [9.17, 15) is 4.79 Å². The number of allylic oxidation sites excluding steroid dienone is 2. The van der Waals surface area contributed by atoms with Crippen molar-refractivity contribution >= 4 is 5.78 Å². The van der Waals surface area contributed by atoms with E-state index in [4.69, 9.17) is 4.74 Å². The fourth-order valence-electron chi connectivity index (χ4n) is 1.32. The second-order valence-corrected chi connectivity index (χ2v) is 3.37. The van der Waals surface area contributed by atoms with E-state index in [2.05, 4.69) is 6.92 Å². The van der Waals surface area contributed by atoms with Crippen LogP contribution in [0.5, 0.6) is 0 Å². The Morgan fingerprint density at radius 2 is 2.45 bits per heavy atom. The number of carbonyl (C=O) groups is 1. The monoisotopic (exact) mass is 154 g/mol. The molecule has 2 nitrogen and oxygen atoms in total. The van der Waals surface area contributed by atoms with E-state index in [1.807, 2.05) is 6.08 Å². The molecule has 0 bridgehead atoms. The fourth-order valence-corrected chi connectivity index (χ4v) is 1.32. The van der Waals surface area contributed by atoms with E-state index >= 15 is 0 Å². The first kappa shape index (κ1) is 8.47. The summed E-state index contributed by atoms with van der Waals surface area (Å²) >= 11 is 0. The molecule has 0 saturated carbocycles. The first-order valence-electron chi connectivity index (χ1n) is 3.87. The van der Waals surface area contributed by atoms with Gasteiger partial charge in [-0.15, -0.1) is 0 Å². The van der Waals surface area contributed by atoms with E-state index in [0.717, 1.165) is 13.0 Å². The lowest BCUT2D eigenvalue weighted by Gasteiger charge is -2.19. The Labute approximate surface area is 67.2 Å². The van der Waals surface area contributed by atoms with Gasteiger partial charge in [0.05, 0.1) is 0 Å². The molecule has 0 radical (unpaired) electrons. The average molecular weight is 154 g/mol. The van der Waals surface area contributed by atoms with Gasteiger partial charge in [-0.25, -0.2) is 0 Å². The van der Waals surface area contributed by atoms with Crippen molar-refractivity contribution in [2.45, 2.75) is 19.8 Å². The van der Waals surface area contributed by atoms with Crippen molar-refractivity contribution in [3.05, 3.63) is 12.2 Å². The SMILES string of the molecule is COCCC1(C)C=CC(=O)C1. The molecule has 0 aromatic rings. The van der Waals surface area contributed by atoms with Gasteiger partial charge in [0.2, 0.25) is 0 Å². The molecule has 1 atom stereocenters. The highest BCUT2D eigenvalue weighted by Crippen LogP contribution is 2.32. The van der Waals surface area contributed by atoms with Crippen LogP contribution in [0.15, 0.2) is 12.2 Å². The van der Waals surface area contributed by atoms with Crippen molar-refractivity contribution in [2.24, 2.45) is 5.41 Å². The minimum Gasteiger partial charge on any atom is -0.385 e. The molecule has 0 fully saturated rings. The fraction of sp³-hybridized carbons (Fsp3) is 0.667. The molecule has 62 valence electrons. The summed E-state index contributed by atoms with van der Waals surface area (Å²) in [6, 6.07) is 0. The van der Waals surface area contributed by atoms with Crippen LogP contribution in [0.2, 0.25) is 0 Å². The zero-order valence-electron chi connectivity index (χ0n) is 7.09. The van der Waals surface area contributed by atoms with Gasteiger partial charge in [-0.1, -0.05) is 13.0 Å². The number of ether oxygens (including phenoxy) is 1. The van der Waals surface area contributed by atoms with Gasteiger partial charge in [0, 0.05) is 20.1 Å². The van der Waals surface area contributed by atoms with E-state index < -0.39 is 0 Å². The van der Waals surface area contributed by atoms with E-state index in [1.165, 1.54) is 0 Å². The Morgan fingerprint density at radius 1 is 1.73 bits per heavy atom. The summed E-state index contributed by atoms with van der Waals surface area (Å²) in [6.07, 6.45) is 5.26. The van der Waals surface area contributed by atoms with Crippen molar-refractivity contribution in [1.29, 1.82) is 0 Å². The van der Waals surface area contributed by atoms with Gasteiger partial charge in [0.15, 0.2) is 5.78 Å². The third-order valence-electron chi connectivity index (χ3n) is 2.13. The quantitative estimate of drug-likeness (QED) is 0.616. The van der Waals surface area contributed by atoms with Crippen LogP contribution >= 0.6 is 0 Å². The minimum atomic E-state index is 0.0626. The van der Waals surface area contributed by atoms with Crippen molar-refractivity contribution < 1.29 is 9.53 Å². The Kier molecular flexibility index (Phi) is 2.45. The van der Waals surface area contributed by atoms with Crippen LogP contribution in [-0.4, -0.2) is 19.5 Å². The molecule has 0 heterocycles. The van der Waals surface area contributed by atoms with Crippen molar-refractivity contribution in [2.75, 3.05) is 13.7 Å². The minimum absolute atomic E-state index is 0.0626. The van der Waals surface area contributed by atoms with Gasteiger partial charge in [0.25, 0.3) is 0 Å². The largest absolute Gasteiger partial charge is 0.385 e. The summed E-state index contributed by atoms with van der Waals surface area (Å²) < 4.78 is 4.96. The topological polar surface area (TPSA) is 26.3 Å². The lowest BCUT2D eigenvalue weighted by Crippen LogP contribution is -2.14. The summed E-state index contributed by atoms with van der Waals surface area (Å²) in [5.41, 5.74) is 0.0626. The molecule has 0 aromatic carbocycles. The number of hydrogen-bond donors (Lipinski definition) is 0. The van der Waals surface area contributed by atoms with E-state index in [1.54, 1.807) is 13.2 Å². The highest BCUT2D eigenvalue weighted by molar-refractivity contribution is 5.92. The smallest absolute Gasteiger partial charge is 0.156 e. The number of hydrogen-bond acceptors (Lipinski definition) is 2. The predicted molar refractivity (Wildman–Crippen MR) is 43.4 cm³/mol. The first-order chi connectivity index (χ1) is 5.16. The van der Waals surface area contributed by atoms with Crippen LogP contribution < -0.4 is 0 Å². The third kappa shape index (κ3) is 2.15. The predicted octanol–water partition coefficient (Wildman–Crippen LogP) is 1.56. The second kappa shape index (κ2) is 3.18. The summed E-state index contributed by atoms with van der Waals surface area (Å²) in [5, 5.41) is 0. The van der Waals surface area contributed by atoms with Crippen LogP contribution in [0.4, 0.5) is 0 Å². The van der Waals surface area contributed by atoms with Gasteiger partial charge >= 0.3 is 0 Å². The maximum atomic E-state index is 10.9. The maximum Gasteiger partial charge on any atom is 0.156 e. The molecular weight excluding hydrogens is 140 g/mol. The summed E-state index contributed by atoms with van der Waals surface area (Å²) in [5.74, 6) is 0.239. The standard InChI is InChI=1S/C9H14O2/c1-9(5-6-11-2)4-3-8(10)7-9/h3-4H,5-7H2,1-2H3. The van der Waals surface area contributed by atoms with E-state index in [0.29, 0.717) is 6.42 Å². The molecule has 0 aliphatic heterocycles. The number of ketones is 1. The van der Waals surface area contributed by atoms with Gasteiger partial charge in [-0.2, -0.15) is 0 Å². The van der Waals surface area contributed by atoms with Crippen molar-refractivity contribution in [3.8, 4) is 0 Å². The van der Waals surface area contributed by atoms with Gasteiger partial charge in [-0.05, 0) is 17.9 Å². The molecular formula is C9H14O2. The summed E-state index contributed by atoms with van der Waals surface area (Å²) in [6.45, 7) is 2.82. The summed E-state index contributed by atoms with van der Waals surface area (Å²) in [4.78, 5) is 10.9. The molecule has 0 spiro atoms. The molecule has 11 heavy (non-hydrogen) atoms. The zero-order valence-corrected chi connectivity index (χ0v) is 7.09. The maximum absolute atomic E-state index is 10.9. The molecule has 1 aliphatic rings. The lowest BCUT2D eigenvalue weighted by molar-refractivity contribution is -0.115. The van der Waals surface area contributed by atoms with Gasteiger partial charge in [-0.3, -0.25) is 4.79 Å². The van der Waals surface area contributed by atoms with E-state index in [-0.39, 0.29) is 11.2 Å². The Morgan fingerprint density at radius 3 is 2.91 bits per heavy atom. The van der Waals surface area contributed by atoms with Crippen LogP contribution in [0.3, 0.4) is 0 Å². The Balaban J connectivity index is 2.43. The van der Waals surface area contributed by atoms with Crippen molar-refractivity contribution in [1.82, 2.24) is 0 Å². The number of rotatable bonds is 3. The zero-order chi connectivity index (χ0) is 8.32. The molecule has 0 amide bonds. The van der Waals surface area contributed by atoms with Crippen LogP contribution in [0.1, 0.15) is 19.8 Å². The molecule has 2 heteroatoms. The second-order valence-electron chi connectivity index (χ2n) is 3.37. The van der Waals surface area contributed by atoms with Gasteiger partial charge in [0.1, 0.15) is 0 Å². The number of methoxy groups -OCH3 is 1. The highest BCUT2D eigenvalue weighted by atomic mass is 16.5. The normalized spacial score (nSPS) is 29.8. The molecule has 0 saturated heterocycles. The molecule has 1 unspecified atom stereocenters. The average Bonchev–Trinajstić information content (AvgIpc) is 2.28.